The van der Waals surface area contributed by atoms with Gasteiger partial charge >= 0.3 is 210 Å². The topological polar surface area (TPSA) is 0 Å². The van der Waals surface area contributed by atoms with Crippen molar-refractivity contribution in [1.29, 1.82) is 0 Å². The molecule has 0 radical (unpaired) electrons. The van der Waals surface area contributed by atoms with Crippen molar-refractivity contribution in [1.82, 2.24) is 0 Å². The van der Waals surface area contributed by atoms with E-state index in [1.165, 1.54) is 99.9 Å². The Labute approximate surface area is 223 Å². The quantitative estimate of drug-likeness (QED) is 0.135. The second kappa shape index (κ2) is 15.4. The maximum atomic E-state index is 2.45. The summed E-state index contributed by atoms with van der Waals surface area (Å²) in [6.45, 7) is 9.29. The molecule has 0 N–H and O–H groups in total. The van der Waals surface area contributed by atoms with E-state index >= 15 is 0 Å². The minimum absolute atomic E-state index is 1.30. The van der Waals surface area contributed by atoms with Crippen LogP contribution in [0.15, 0.2) is 72.8 Å². The Hall–Kier alpha value is -1.91. The van der Waals surface area contributed by atoms with Gasteiger partial charge in [0.15, 0.2) is 0 Å². The Morgan fingerprint density at radius 2 is 0.722 bits per heavy atom. The van der Waals surface area contributed by atoms with E-state index in [-0.39, 0.29) is 0 Å². The molecule has 196 valence electrons. The van der Waals surface area contributed by atoms with Crippen molar-refractivity contribution >= 4 is 23.2 Å². The molecule has 3 rings (SSSR count). The number of benzene rings is 3. The fourth-order valence-corrected chi connectivity index (χ4v) is 12.1. The van der Waals surface area contributed by atoms with Crippen molar-refractivity contribution in [3.8, 4) is 0 Å². The van der Waals surface area contributed by atoms with Gasteiger partial charge in [-0.25, -0.2) is 0 Å². The Kier molecular flexibility index (Phi) is 12.2. The summed E-state index contributed by atoms with van der Waals surface area (Å²) in [7, 11) is -2.15. The van der Waals surface area contributed by atoms with Gasteiger partial charge in [0, 0.05) is 0 Å². The standard InChI is InChI=1S/C35H51P/c1-5-6-7-8-9-10-11-12-13-14-15-22-29-36(33-26-19-16-23-30(33)2,34-27-20-17-24-31(34)3)35-28-21-18-25-32(35)4/h16-21,23-28,36H,5-15,22,29H2,1-4H3. The summed E-state index contributed by atoms with van der Waals surface area (Å²) in [5, 5.41) is 4.82. The molecular weight excluding hydrogens is 451 g/mol. The van der Waals surface area contributed by atoms with E-state index in [0.717, 1.165) is 0 Å². The molecule has 36 heavy (non-hydrogen) atoms. The van der Waals surface area contributed by atoms with E-state index in [1.54, 1.807) is 15.9 Å². The summed E-state index contributed by atoms with van der Waals surface area (Å²) < 4.78 is 0. The molecule has 0 unspecified atom stereocenters. The Balaban J connectivity index is 1.74. The Morgan fingerprint density at radius 3 is 1.06 bits per heavy atom. The van der Waals surface area contributed by atoms with Crippen LogP contribution in [-0.2, 0) is 0 Å². The van der Waals surface area contributed by atoms with Gasteiger partial charge in [0.05, 0.1) is 0 Å². The SMILES string of the molecule is CCCCCCCCCCCCCC[PH](c1ccccc1C)(c1ccccc1C)c1ccccc1C. The third-order valence-electron chi connectivity index (χ3n) is 8.22. The van der Waals surface area contributed by atoms with Gasteiger partial charge in [0.25, 0.3) is 0 Å². The average molecular weight is 503 g/mol. The molecule has 0 saturated heterocycles. The summed E-state index contributed by atoms with van der Waals surface area (Å²) in [5.41, 5.74) is 4.36. The summed E-state index contributed by atoms with van der Waals surface area (Å²) in [4.78, 5) is 0. The number of hydrogen-bond donors (Lipinski definition) is 0. The predicted octanol–water partition coefficient (Wildman–Crippen LogP) is 9.34. The first kappa shape index (κ1) is 28.7. The van der Waals surface area contributed by atoms with Crippen molar-refractivity contribution in [2.45, 2.75) is 105 Å². The number of hydrogen-bond acceptors (Lipinski definition) is 0. The summed E-state index contributed by atoms with van der Waals surface area (Å²) in [6.07, 6.45) is 18.1. The molecule has 3 aromatic rings. The van der Waals surface area contributed by atoms with Crippen molar-refractivity contribution in [2.24, 2.45) is 0 Å². The molecule has 3 aromatic carbocycles. The van der Waals surface area contributed by atoms with Gasteiger partial charge in [0.2, 0.25) is 0 Å². The monoisotopic (exact) mass is 502 g/mol. The predicted molar refractivity (Wildman–Crippen MR) is 167 cm³/mol. The maximum absolute atomic E-state index is 2.45. The third-order valence-corrected chi connectivity index (χ3v) is 13.8. The second-order valence-corrected chi connectivity index (χ2v) is 14.9. The van der Waals surface area contributed by atoms with Gasteiger partial charge in [-0.05, 0) is 0 Å². The molecule has 0 spiro atoms. The molecule has 0 aliphatic rings. The number of unbranched alkanes of at least 4 members (excludes halogenated alkanes) is 11. The second-order valence-electron chi connectivity index (χ2n) is 11.0. The van der Waals surface area contributed by atoms with Crippen LogP contribution in [0.2, 0.25) is 0 Å². The van der Waals surface area contributed by atoms with Gasteiger partial charge in [-0.1, -0.05) is 13.3 Å². The molecule has 0 saturated carbocycles. The van der Waals surface area contributed by atoms with Crippen molar-refractivity contribution < 1.29 is 0 Å². The number of aryl methyl sites for hydroxylation is 3. The molecule has 0 amide bonds. The van der Waals surface area contributed by atoms with Gasteiger partial charge < -0.3 is 0 Å². The summed E-state index contributed by atoms with van der Waals surface area (Å²) in [5.74, 6) is 0. The molecule has 0 fully saturated rings. The molecule has 1 heteroatoms. The molecule has 0 heterocycles. The van der Waals surface area contributed by atoms with Gasteiger partial charge in [-0.15, -0.1) is 0 Å². The van der Waals surface area contributed by atoms with Crippen molar-refractivity contribution in [2.75, 3.05) is 6.16 Å². The van der Waals surface area contributed by atoms with Crippen LogP contribution in [0.25, 0.3) is 0 Å². The zero-order valence-electron chi connectivity index (χ0n) is 23.6. The molecule has 0 aliphatic heterocycles. The first-order chi connectivity index (χ1) is 17.6. The van der Waals surface area contributed by atoms with E-state index in [0.29, 0.717) is 0 Å². The summed E-state index contributed by atoms with van der Waals surface area (Å²) in [6, 6.07) is 27.7. The Morgan fingerprint density at radius 1 is 0.417 bits per heavy atom. The molecule has 0 aromatic heterocycles. The summed E-state index contributed by atoms with van der Waals surface area (Å²) >= 11 is 0. The van der Waals surface area contributed by atoms with Crippen LogP contribution in [0.5, 0.6) is 0 Å². The first-order valence-corrected chi connectivity index (χ1v) is 17.0. The van der Waals surface area contributed by atoms with Crippen LogP contribution >= 0.6 is 7.26 Å². The van der Waals surface area contributed by atoms with E-state index in [9.17, 15) is 0 Å². The normalized spacial score (nSPS) is 12.1. The van der Waals surface area contributed by atoms with Crippen LogP contribution in [-0.4, -0.2) is 6.16 Å². The van der Waals surface area contributed by atoms with Gasteiger partial charge in [-0.3, -0.25) is 0 Å². The van der Waals surface area contributed by atoms with Crippen LogP contribution in [0.3, 0.4) is 0 Å². The van der Waals surface area contributed by atoms with E-state index in [1.807, 2.05) is 0 Å². The minimum atomic E-state index is -2.15. The fraction of sp³-hybridized carbons (Fsp3) is 0.486. The van der Waals surface area contributed by atoms with Crippen molar-refractivity contribution in [3.63, 3.8) is 0 Å². The molecule has 0 aliphatic carbocycles. The van der Waals surface area contributed by atoms with Crippen molar-refractivity contribution in [3.05, 3.63) is 89.5 Å². The van der Waals surface area contributed by atoms with Gasteiger partial charge in [-0.2, -0.15) is 0 Å². The number of rotatable bonds is 16. The fourth-order valence-electron chi connectivity index (χ4n) is 6.23. The Bertz CT molecular complexity index is 923. The van der Waals surface area contributed by atoms with Crippen LogP contribution in [0, 0.1) is 20.8 Å². The molecule has 0 bridgehead atoms. The van der Waals surface area contributed by atoms with Gasteiger partial charge in [0.1, 0.15) is 0 Å². The third kappa shape index (κ3) is 7.55. The molecular formula is C35H51P. The molecule has 0 atom stereocenters. The zero-order chi connectivity index (χ0) is 25.6. The zero-order valence-corrected chi connectivity index (χ0v) is 24.6. The average Bonchev–Trinajstić information content (AvgIpc) is 2.89. The van der Waals surface area contributed by atoms with Crippen LogP contribution in [0.1, 0.15) is 101 Å². The van der Waals surface area contributed by atoms with E-state index in [2.05, 4.69) is 100 Å². The van der Waals surface area contributed by atoms with E-state index < -0.39 is 7.26 Å². The molecule has 0 nitrogen and oxygen atoms in total. The first-order valence-electron chi connectivity index (χ1n) is 14.8. The van der Waals surface area contributed by atoms with Crippen LogP contribution in [0.4, 0.5) is 0 Å². The van der Waals surface area contributed by atoms with Crippen LogP contribution < -0.4 is 15.9 Å². The van der Waals surface area contributed by atoms with E-state index in [4.69, 9.17) is 0 Å².